The third kappa shape index (κ3) is 3.41. The minimum atomic E-state index is -4.36. The summed E-state index contributed by atoms with van der Waals surface area (Å²) in [5.41, 5.74) is 0.654. The predicted molar refractivity (Wildman–Crippen MR) is 73.5 cm³/mol. The quantitative estimate of drug-likeness (QED) is 0.715. The van der Waals surface area contributed by atoms with E-state index in [0.717, 1.165) is 17.7 Å². The zero-order chi connectivity index (χ0) is 14.9. The Kier molecular flexibility index (Phi) is 4.20. The Morgan fingerprint density at radius 3 is 2.30 bits per heavy atom. The summed E-state index contributed by atoms with van der Waals surface area (Å²) in [6, 6.07) is 6.30. The molecule has 1 nitrogen and oxygen atoms in total. The van der Waals surface area contributed by atoms with Crippen molar-refractivity contribution in [2.24, 2.45) is 0 Å². The molecule has 0 saturated heterocycles. The molecule has 0 aliphatic heterocycles. The largest absolute Gasteiger partial charge is 0.416 e. The maximum Gasteiger partial charge on any atom is 0.416 e. The molecule has 1 heterocycles. The number of hydrogen-bond acceptors (Lipinski definition) is 2. The molecule has 0 N–H and O–H groups in total. The van der Waals surface area contributed by atoms with Crippen LogP contribution in [0.15, 0.2) is 30.3 Å². The molecule has 2 aromatic rings. The molecule has 0 aliphatic rings. The average molecular weight is 319 g/mol. The number of alkyl halides is 3. The Hall–Kier alpha value is -1.33. The van der Waals surface area contributed by atoms with Gasteiger partial charge in [-0.2, -0.15) is 13.2 Å². The van der Waals surface area contributed by atoms with E-state index in [9.17, 15) is 18.0 Å². The smallest absolute Gasteiger partial charge is 0.293 e. The molecule has 1 aromatic heterocycles. The van der Waals surface area contributed by atoms with Gasteiger partial charge in [-0.15, -0.1) is 11.3 Å². The van der Waals surface area contributed by atoms with Gasteiger partial charge in [-0.05, 0) is 36.2 Å². The summed E-state index contributed by atoms with van der Waals surface area (Å²) in [5.74, 6) is -0.148. The molecule has 106 valence electrons. The van der Waals surface area contributed by atoms with Crippen LogP contribution in [0.2, 0.25) is 4.34 Å². The monoisotopic (exact) mass is 318 g/mol. The fourth-order valence-corrected chi connectivity index (χ4v) is 2.82. The summed E-state index contributed by atoms with van der Waals surface area (Å²) >= 11 is 7.07. The number of benzene rings is 1. The van der Waals surface area contributed by atoms with Gasteiger partial charge in [0.2, 0.25) is 0 Å². The zero-order valence-corrected chi connectivity index (χ0v) is 12.0. The van der Waals surface area contributed by atoms with E-state index in [-0.39, 0.29) is 12.2 Å². The van der Waals surface area contributed by atoms with Crippen LogP contribution < -0.4 is 0 Å². The number of carbonyl (C=O) groups excluding carboxylic acids is 1. The third-order valence-electron chi connectivity index (χ3n) is 2.78. The summed E-state index contributed by atoms with van der Waals surface area (Å²) < 4.78 is 37.8. The highest BCUT2D eigenvalue weighted by Crippen LogP contribution is 2.30. The van der Waals surface area contributed by atoms with Crippen molar-refractivity contribution in [2.45, 2.75) is 19.5 Å². The molecule has 2 rings (SSSR count). The van der Waals surface area contributed by atoms with Crippen LogP contribution in [0.1, 0.15) is 26.4 Å². The van der Waals surface area contributed by atoms with E-state index in [1.807, 2.05) is 0 Å². The Labute approximate surface area is 123 Å². The van der Waals surface area contributed by atoms with Crippen molar-refractivity contribution in [1.82, 2.24) is 0 Å². The molecule has 20 heavy (non-hydrogen) atoms. The van der Waals surface area contributed by atoms with E-state index in [1.54, 1.807) is 13.0 Å². The van der Waals surface area contributed by atoms with Gasteiger partial charge in [-0.1, -0.05) is 23.7 Å². The van der Waals surface area contributed by atoms with Crippen molar-refractivity contribution in [3.63, 3.8) is 0 Å². The van der Waals surface area contributed by atoms with Crippen LogP contribution in [0.4, 0.5) is 13.2 Å². The number of ketones is 1. The minimum absolute atomic E-state index is 0.0639. The maximum absolute atomic E-state index is 12.4. The van der Waals surface area contributed by atoms with Crippen LogP contribution >= 0.6 is 22.9 Å². The first-order chi connectivity index (χ1) is 9.27. The van der Waals surface area contributed by atoms with Gasteiger partial charge in [0.15, 0.2) is 5.78 Å². The van der Waals surface area contributed by atoms with Crippen LogP contribution in [-0.4, -0.2) is 5.78 Å². The van der Waals surface area contributed by atoms with Gasteiger partial charge in [0.1, 0.15) is 0 Å². The van der Waals surface area contributed by atoms with Gasteiger partial charge < -0.3 is 0 Å². The molecule has 1 aromatic carbocycles. The van der Waals surface area contributed by atoms with Crippen molar-refractivity contribution >= 4 is 28.7 Å². The van der Waals surface area contributed by atoms with Gasteiger partial charge in [-0.25, -0.2) is 0 Å². The highest BCUT2D eigenvalue weighted by molar-refractivity contribution is 7.18. The number of aryl methyl sites for hydroxylation is 1. The Balaban J connectivity index is 2.12. The number of hydrogen-bond donors (Lipinski definition) is 0. The molecule has 0 aliphatic carbocycles. The predicted octanol–water partition coefficient (Wildman–Crippen LogP) is 5.15. The Morgan fingerprint density at radius 1 is 1.25 bits per heavy atom. The van der Waals surface area contributed by atoms with Gasteiger partial charge in [-0.3, -0.25) is 4.79 Å². The molecular weight excluding hydrogens is 309 g/mol. The van der Waals surface area contributed by atoms with Crippen molar-refractivity contribution in [1.29, 1.82) is 0 Å². The molecular formula is C14H10ClF3OS. The summed E-state index contributed by atoms with van der Waals surface area (Å²) in [7, 11) is 0. The minimum Gasteiger partial charge on any atom is -0.293 e. The average Bonchev–Trinajstić information content (AvgIpc) is 2.69. The standard InChI is InChI=1S/C14H10ClF3OS/c1-8-6-12(20-13(8)15)11(19)7-9-2-4-10(5-3-9)14(16,17)18/h2-6H,7H2,1H3. The molecule has 0 fully saturated rings. The van der Waals surface area contributed by atoms with E-state index in [2.05, 4.69) is 0 Å². The van der Waals surface area contributed by atoms with Crippen molar-refractivity contribution < 1.29 is 18.0 Å². The van der Waals surface area contributed by atoms with Crippen LogP contribution in [0, 0.1) is 6.92 Å². The molecule has 0 radical (unpaired) electrons. The lowest BCUT2D eigenvalue weighted by Crippen LogP contribution is -2.06. The summed E-state index contributed by atoms with van der Waals surface area (Å²) in [5, 5.41) is 0. The summed E-state index contributed by atoms with van der Waals surface area (Å²) in [4.78, 5) is 12.5. The molecule has 6 heteroatoms. The van der Waals surface area contributed by atoms with Crippen LogP contribution in [-0.2, 0) is 12.6 Å². The van der Waals surface area contributed by atoms with Crippen LogP contribution in [0.25, 0.3) is 0 Å². The number of rotatable bonds is 3. The molecule has 0 saturated carbocycles. The molecule has 0 spiro atoms. The third-order valence-corrected chi connectivity index (χ3v) is 4.37. The lowest BCUT2D eigenvalue weighted by atomic mass is 10.1. The first-order valence-electron chi connectivity index (χ1n) is 5.72. The van der Waals surface area contributed by atoms with Crippen molar-refractivity contribution in [3.8, 4) is 0 Å². The molecule has 0 atom stereocenters. The zero-order valence-electron chi connectivity index (χ0n) is 10.4. The molecule has 0 bridgehead atoms. The number of carbonyl (C=O) groups is 1. The fraction of sp³-hybridized carbons (Fsp3) is 0.214. The SMILES string of the molecule is Cc1cc(C(=O)Cc2ccc(C(F)(F)F)cc2)sc1Cl. The second-order valence-electron chi connectivity index (χ2n) is 4.36. The van der Waals surface area contributed by atoms with E-state index >= 15 is 0 Å². The topological polar surface area (TPSA) is 17.1 Å². The lowest BCUT2D eigenvalue weighted by Gasteiger charge is -2.07. The van der Waals surface area contributed by atoms with Crippen LogP contribution in [0.5, 0.6) is 0 Å². The highest BCUT2D eigenvalue weighted by atomic mass is 35.5. The second-order valence-corrected chi connectivity index (χ2v) is 6.02. The first-order valence-corrected chi connectivity index (χ1v) is 6.92. The molecule has 0 amide bonds. The first kappa shape index (κ1) is 15.1. The van der Waals surface area contributed by atoms with Crippen molar-refractivity contribution in [3.05, 3.63) is 56.2 Å². The Bertz CT molecular complexity index is 609. The maximum atomic E-state index is 12.4. The normalized spacial score (nSPS) is 11.7. The fourth-order valence-electron chi connectivity index (χ4n) is 1.68. The second kappa shape index (κ2) is 5.58. The Morgan fingerprint density at radius 2 is 1.85 bits per heavy atom. The van der Waals surface area contributed by atoms with Gasteiger partial charge >= 0.3 is 6.18 Å². The van der Waals surface area contributed by atoms with E-state index in [0.29, 0.717) is 14.8 Å². The summed E-state index contributed by atoms with van der Waals surface area (Å²) in [6.07, 6.45) is -4.30. The van der Waals surface area contributed by atoms with Crippen LogP contribution in [0.3, 0.4) is 0 Å². The van der Waals surface area contributed by atoms with Gasteiger partial charge in [0, 0.05) is 6.42 Å². The number of halogens is 4. The van der Waals surface area contributed by atoms with Crippen molar-refractivity contribution in [2.75, 3.05) is 0 Å². The van der Waals surface area contributed by atoms with E-state index in [4.69, 9.17) is 11.6 Å². The number of thiophene rings is 1. The highest BCUT2D eigenvalue weighted by Gasteiger charge is 2.30. The van der Waals surface area contributed by atoms with E-state index < -0.39 is 11.7 Å². The van der Waals surface area contributed by atoms with Gasteiger partial charge in [0.25, 0.3) is 0 Å². The van der Waals surface area contributed by atoms with E-state index in [1.165, 1.54) is 23.5 Å². The van der Waals surface area contributed by atoms with Gasteiger partial charge in [0.05, 0.1) is 14.8 Å². The molecule has 0 unspecified atom stereocenters. The lowest BCUT2D eigenvalue weighted by molar-refractivity contribution is -0.137. The summed E-state index contributed by atoms with van der Waals surface area (Å²) in [6.45, 7) is 1.80. The number of Topliss-reactive ketones (excluding diaryl/α,β-unsaturated/α-hetero) is 1.